The Kier molecular flexibility index (Phi) is 4.86. The van der Waals surface area contributed by atoms with Crippen LogP contribution < -0.4 is 18.1 Å². The Labute approximate surface area is 86.9 Å². The van der Waals surface area contributed by atoms with Gasteiger partial charge in [0.25, 0.3) is 0 Å². The molecule has 0 aliphatic rings. The van der Waals surface area contributed by atoms with Crippen LogP contribution in [0.3, 0.4) is 0 Å². The number of nitrogens with one attached hydrogen (secondary N) is 1. The molecular weight excluding hydrogens is 208 g/mol. The molecule has 1 aromatic heterocycles. The van der Waals surface area contributed by atoms with Crippen LogP contribution in [0, 0.1) is 6.92 Å². The van der Waals surface area contributed by atoms with Gasteiger partial charge < -0.3 is 22.1 Å². The third kappa shape index (κ3) is 2.85. The van der Waals surface area contributed by atoms with Crippen LogP contribution in [0.25, 0.3) is 0 Å². The van der Waals surface area contributed by atoms with Gasteiger partial charge in [-0.3, -0.25) is 0 Å². The maximum atomic E-state index is 11.2. The van der Waals surface area contributed by atoms with Crippen LogP contribution in [0.4, 0.5) is 0 Å². The van der Waals surface area contributed by atoms with E-state index in [-0.39, 0.29) is 12.4 Å². The van der Waals surface area contributed by atoms with Gasteiger partial charge in [-0.15, -0.1) is 0 Å². The molecular formula is C8H10ClN2O3-. The van der Waals surface area contributed by atoms with Gasteiger partial charge in [0, 0.05) is 11.9 Å². The van der Waals surface area contributed by atoms with Crippen LogP contribution >= 0.6 is 0 Å². The molecule has 0 aromatic carbocycles. The van der Waals surface area contributed by atoms with Gasteiger partial charge in [-0.2, -0.15) is 0 Å². The standard InChI is InChI=1S/C8H10N2O3.ClH/c1-3-13-7(11)6-4-9-8(12)10-5(6)2;/h4H,3H2,1-2H3,(H,9,10,12);1H/p-1. The van der Waals surface area contributed by atoms with Gasteiger partial charge in [0.15, 0.2) is 0 Å². The summed E-state index contributed by atoms with van der Waals surface area (Å²) in [5, 5.41) is 0. The zero-order chi connectivity index (χ0) is 9.84. The lowest BCUT2D eigenvalue weighted by Gasteiger charge is -2.02. The maximum absolute atomic E-state index is 11.2. The van der Waals surface area contributed by atoms with Gasteiger partial charge in [-0.25, -0.2) is 14.6 Å². The third-order valence-corrected chi connectivity index (χ3v) is 1.50. The van der Waals surface area contributed by atoms with Crippen molar-refractivity contribution in [2.45, 2.75) is 13.8 Å². The molecule has 1 aromatic rings. The van der Waals surface area contributed by atoms with Crippen LogP contribution in [-0.2, 0) is 4.74 Å². The number of carbonyl (C=O) groups is 1. The highest BCUT2D eigenvalue weighted by atomic mass is 35.5. The topological polar surface area (TPSA) is 72.0 Å². The molecule has 0 spiro atoms. The first-order chi connectivity index (χ1) is 6.15. The monoisotopic (exact) mass is 217 g/mol. The van der Waals surface area contributed by atoms with E-state index >= 15 is 0 Å². The molecule has 0 bridgehead atoms. The Bertz CT molecular complexity index is 375. The number of aryl methyl sites for hydroxylation is 1. The summed E-state index contributed by atoms with van der Waals surface area (Å²) in [5.41, 5.74) is 0.297. The Morgan fingerprint density at radius 2 is 2.29 bits per heavy atom. The molecule has 0 atom stereocenters. The minimum Gasteiger partial charge on any atom is -1.00 e. The molecule has 0 aliphatic carbocycles. The summed E-state index contributed by atoms with van der Waals surface area (Å²) in [6.45, 7) is 3.64. The first-order valence-electron chi connectivity index (χ1n) is 3.88. The van der Waals surface area contributed by atoms with E-state index in [2.05, 4.69) is 9.97 Å². The van der Waals surface area contributed by atoms with Crippen molar-refractivity contribution in [1.82, 2.24) is 9.97 Å². The molecule has 1 heterocycles. The van der Waals surface area contributed by atoms with E-state index < -0.39 is 11.7 Å². The van der Waals surface area contributed by atoms with E-state index in [0.717, 1.165) is 0 Å². The average molecular weight is 218 g/mol. The van der Waals surface area contributed by atoms with Gasteiger partial charge in [-0.1, -0.05) is 0 Å². The number of aromatic nitrogens is 2. The lowest BCUT2D eigenvalue weighted by Crippen LogP contribution is -3.00. The smallest absolute Gasteiger partial charge is 0.345 e. The van der Waals surface area contributed by atoms with Crippen LogP contribution in [0.5, 0.6) is 0 Å². The Hall–Kier alpha value is -1.36. The predicted octanol–water partition coefficient (Wildman–Crippen LogP) is -2.74. The molecule has 0 saturated heterocycles. The predicted molar refractivity (Wildman–Crippen MR) is 45.6 cm³/mol. The molecule has 0 amide bonds. The van der Waals surface area contributed by atoms with E-state index in [1.54, 1.807) is 13.8 Å². The Balaban J connectivity index is 0.00000169. The van der Waals surface area contributed by atoms with E-state index in [4.69, 9.17) is 4.74 Å². The summed E-state index contributed by atoms with van der Waals surface area (Å²) >= 11 is 0. The molecule has 0 radical (unpaired) electrons. The largest absolute Gasteiger partial charge is 1.00 e. The van der Waals surface area contributed by atoms with Crippen LogP contribution in [0.2, 0.25) is 0 Å². The van der Waals surface area contributed by atoms with Crippen LogP contribution in [0.15, 0.2) is 11.0 Å². The summed E-state index contributed by atoms with van der Waals surface area (Å²) in [6.07, 6.45) is 1.21. The minimum atomic E-state index is -0.469. The van der Waals surface area contributed by atoms with Crippen molar-refractivity contribution in [2.75, 3.05) is 6.61 Å². The number of ether oxygens (including phenoxy) is 1. The maximum Gasteiger partial charge on any atom is 0.345 e. The molecule has 5 nitrogen and oxygen atoms in total. The van der Waals surface area contributed by atoms with E-state index in [1.807, 2.05) is 0 Å². The van der Waals surface area contributed by atoms with Gasteiger partial charge in [0.05, 0.1) is 12.2 Å². The summed E-state index contributed by atoms with van der Waals surface area (Å²) in [4.78, 5) is 27.7. The number of carbonyl (C=O) groups excluding carboxylic acids is 1. The SMILES string of the molecule is CCOC(=O)c1cnc(=O)[nH]c1C.[Cl-]. The molecule has 1 rings (SSSR count). The van der Waals surface area contributed by atoms with E-state index in [0.29, 0.717) is 17.9 Å². The molecule has 0 fully saturated rings. The number of halogens is 1. The van der Waals surface area contributed by atoms with Gasteiger partial charge in [0.1, 0.15) is 0 Å². The number of hydrogen-bond acceptors (Lipinski definition) is 4. The van der Waals surface area contributed by atoms with Gasteiger partial charge in [0.2, 0.25) is 0 Å². The second-order valence-electron chi connectivity index (χ2n) is 2.45. The second-order valence-corrected chi connectivity index (χ2v) is 2.45. The fourth-order valence-corrected chi connectivity index (χ4v) is 0.895. The number of rotatable bonds is 2. The van der Waals surface area contributed by atoms with Crippen LogP contribution in [0.1, 0.15) is 23.0 Å². The number of H-pyrrole nitrogens is 1. The molecule has 6 heteroatoms. The zero-order valence-corrected chi connectivity index (χ0v) is 8.59. The van der Waals surface area contributed by atoms with Gasteiger partial charge >= 0.3 is 11.7 Å². The van der Waals surface area contributed by atoms with E-state index in [9.17, 15) is 9.59 Å². The first kappa shape index (κ1) is 12.6. The van der Waals surface area contributed by atoms with Crippen molar-refractivity contribution in [1.29, 1.82) is 0 Å². The minimum absolute atomic E-state index is 0. The Morgan fingerprint density at radius 3 is 2.79 bits per heavy atom. The number of esters is 1. The fourth-order valence-electron chi connectivity index (χ4n) is 0.895. The molecule has 0 saturated carbocycles. The molecule has 1 N–H and O–H groups in total. The lowest BCUT2D eigenvalue weighted by molar-refractivity contribution is -0.0000216. The van der Waals surface area contributed by atoms with E-state index in [1.165, 1.54) is 6.20 Å². The summed E-state index contributed by atoms with van der Waals surface area (Å²) in [6, 6.07) is 0. The summed E-state index contributed by atoms with van der Waals surface area (Å²) < 4.78 is 4.75. The third-order valence-electron chi connectivity index (χ3n) is 1.50. The highest BCUT2D eigenvalue weighted by Gasteiger charge is 2.10. The summed E-state index contributed by atoms with van der Waals surface area (Å²) in [5.74, 6) is -0.469. The highest BCUT2D eigenvalue weighted by Crippen LogP contribution is 2.01. The average Bonchev–Trinajstić information content (AvgIpc) is 2.04. The molecule has 78 valence electrons. The number of aromatic amines is 1. The Morgan fingerprint density at radius 1 is 1.64 bits per heavy atom. The van der Waals surface area contributed by atoms with Crippen LogP contribution in [-0.4, -0.2) is 22.5 Å². The normalized spacial score (nSPS) is 9.00. The van der Waals surface area contributed by atoms with Crippen molar-refractivity contribution in [3.8, 4) is 0 Å². The zero-order valence-electron chi connectivity index (χ0n) is 7.83. The van der Waals surface area contributed by atoms with Crippen molar-refractivity contribution >= 4 is 5.97 Å². The second kappa shape index (κ2) is 5.39. The molecule has 0 unspecified atom stereocenters. The van der Waals surface area contributed by atoms with Crippen molar-refractivity contribution in [3.63, 3.8) is 0 Å². The molecule has 14 heavy (non-hydrogen) atoms. The number of nitrogens with zero attached hydrogens (tertiary/aromatic N) is 1. The molecule has 0 aliphatic heterocycles. The van der Waals surface area contributed by atoms with Crippen molar-refractivity contribution in [3.05, 3.63) is 27.9 Å². The lowest BCUT2D eigenvalue weighted by atomic mass is 10.2. The van der Waals surface area contributed by atoms with Crippen molar-refractivity contribution < 1.29 is 21.9 Å². The van der Waals surface area contributed by atoms with Crippen molar-refractivity contribution in [2.24, 2.45) is 0 Å². The highest BCUT2D eigenvalue weighted by molar-refractivity contribution is 5.90. The fraction of sp³-hybridized carbons (Fsp3) is 0.375. The summed E-state index contributed by atoms with van der Waals surface area (Å²) in [7, 11) is 0. The van der Waals surface area contributed by atoms with Gasteiger partial charge in [-0.05, 0) is 13.8 Å². The number of hydrogen-bond donors (Lipinski definition) is 1. The quantitative estimate of drug-likeness (QED) is 0.546. The first-order valence-corrected chi connectivity index (χ1v) is 3.88.